The monoisotopic (exact) mass is 408 g/mol. The first-order chi connectivity index (χ1) is 13.5. The van der Waals surface area contributed by atoms with Crippen molar-refractivity contribution in [2.75, 3.05) is 5.32 Å². The van der Waals surface area contributed by atoms with Crippen LogP contribution < -0.4 is 5.32 Å². The molecule has 0 aliphatic rings. The van der Waals surface area contributed by atoms with E-state index in [1.807, 2.05) is 47.8 Å². The zero-order valence-corrected chi connectivity index (χ0v) is 16.8. The zero-order chi connectivity index (χ0) is 19.7. The van der Waals surface area contributed by atoms with Gasteiger partial charge in [-0.15, -0.1) is 11.3 Å². The predicted octanol–water partition coefficient (Wildman–Crippen LogP) is 4.82. The van der Waals surface area contributed by atoms with E-state index in [-0.39, 0.29) is 11.7 Å². The third-order valence-corrected chi connectivity index (χ3v) is 6.12. The van der Waals surface area contributed by atoms with E-state index in [0.29, 0.717) is 21.4 Å². The molecule has 0 radical (unpaired) electrons. The van der Waals surface area contributed by atoms with Crippen molar-refractivity contribution in [1.82, 2.24) is 14.8 Å². The highest BCUT2D eigenvalue weighted by Crippen LogP contribution is 2.27. The van der Waals surface area contributed by atoms with E-state index in [1.165, 1.54) is 18.3 Å². The molecule has 140 valence electrons. The number of ketones is 1. The van der Waals surface area contributed by atoms with Crippen LogP contribution in [0.4, 0.5) is 5.13 Å². The van der Waals surface area contributed by atoms with E-state index in [9.17, 15) is 9.59 Å². The van der Waals surface area contributed by atoms with Crippen LogP contribution in [0.15, 0.2) is 53.9 Å². The van der Waals surface area contributed by atoms with Crippen molar-refractivity contribution in [3.63, 3.8) is 0 Å². The fraction of sp³-hybridized carbons (Fsp3) is 0.100. The molecule has 1 N–H and O–H groups in total. The molecule has 0 aliphatic carbocycles. The lowest BCUT2D eigenvalue weighted by atomic mass is 10.3. The maximum Gasteiger partial charge on any atom is 0.276 e. The molecular weight excluding hydrogens is 392 g/mol. The van der Waals surface area contributed by atoms with Gasteiger partial charge in [-0.1, -0.05) is 35.6 Å². The lowest BCUT2D eigenvalue weighted by molar-refractivity contribution is 0.101. The Hall–Kier alpha value is -3.10. The van der Waals surface area contributed by atoms with Crippen molar-refractivity contribution in [2.45, 2.75) is 13.8 Å². The molecule has 1 aromatic carbocycles. The number of carbonyl (C=O) groups excluding carboxylic acids is 2. The summed E-state index contributed by atoms with van der Waals surface area (Å²) in [5, 5.41) is 9.80. The van der Waals surface area contributed by atoms with Crippen molar-refractivity contribution in [3.8, 4) is 16.3 Å². The summed E-state index contributed by atoms with van der Waals surface area (Å²) >= 11 is 2.74. The number of anilines is 1. The molecule has 3 heterocycles. The van der Waals surface area contributed by atoms with Crippen molar-refractivity contribution >= 4 is 39.5 Å². The van der Waals surface area contributed by atoms with Crippen LogP contribution in [0.2, 0.25) is 0 Å². The highest BCUT2D eigenvalue weighted by molar-refractivity contribution is 7.17. The van der Waals surface area contributed by atoms with Crippen LogP contribution >= 0.6 is 22.7 Å². The normalized spacial score (nSPS) is 10.8. The maximum absolute atomic E-state index is 13.0. The minimum absolute atomic E-state index is 0.0650. The number of thiazole rings is 1. The Morgan fingerprint density at radius 1 is 1.11 bits per heavy atom. The molecule has 0 saturated heterocycles. The average molecular weight is 409 g/mol. The molecule has 0 unspecified atom stereocenters. The topological polar surface area (TPSA) is 76.9 Å². The van der Waals surface area contributed by atoms with Crippen LogP contribution in [0.1, 0.15) is 32.8 Å². The Bertz CT molecular complexity index is 1140. The molecular formula is C20H16N4O2S2. The van der Waals surface area contributed by atoms with E-state index < -0.39 is 0 Å². The van der Waals surface area contributed by atoms with Gasteiger partial charge in [0.2, 0.25) is 0 Å². The lowest BCUT2D eigenvalue weighted by Gasteiger charge is -2.06. The van der Waals surface area contributed by atoms with Crippen LogP contribution in [-0.2, 0) is 0 Å². The van der Waals surface area contributed by atoms with E-state index in [2.05, 4.69) is 15.4 Å². The first-order valence-corrected chi connectivity index (χ1v) is 10.2. The lowest BCUT2D eigenvalue weighted by Crippen LogP contribution is -2.16. The Morgan fingerprint density at radius 2 is 1.89 bits per heavy atom. The molecule has 0 fully saturated rings. The van der Waals surface area contributed by atoms with Crippen molar-refractivity contribution in [1.29, 1.82) is 0 Å². The van der Waals surface area contributed by atoms with Gasteiger partial charge >= 0.3 is 0 Å². The summed E-state index contributed by atoms with van der Waals surface area (Å²) in [5.41, 5.74) is 2.52. The number of Topliss-reactive ketones (excluding diaryl/α,β-unsaturated/α-hetero) is 1. The Morgan fingerprint density at radius 3 is 2.54 bits per heavy atom. The molecule has 6 nitrogen and oxygen atoms in total. The first kappa shape index (κ1) is 18.3. The fourth-order valence-corrected chi connectivity index (χ4v) is 4.33. The number of hydrogen-bond acceptors (Lipinski definition) is 6. The van der Waals surface area contributed by atoms with Gasteiger partial charge in [0.15, 0.2) is 10.9 Å². The fourth-order valence-electron chi connectivity index (χ4n) is 2.79. The van der Waals surface area contributed by atoms with Crippen LogP contribution in [0.3, 0.4) is 0 Å². The van der Waals surface area contributed by atoms with E-state index in [4.69, 9.17) is 0 Å². The quantitative estimate of drug-likeness (QED) is 0.480. The zero-order valence-electron chi connectivity index (χ0n) is 15.2. The number of rotatable bonds is 5. The number of amides is 1. The standard InChI is InChI=1S/C20H16N4O2S2/c1-12-18(13(2)25)28-20(21-12)22-19(26)16-11-15(17-9-6-10-27-17)23-24(16)14-7-4-3-5-8-14/h3-11H,1-2H3,(H,21,22,26). The number of nitrogens with zero attached hydrogens (tertiary/aromatic N) is 3. The Balaban J connectivity index is 1.72. The van der Waals surface area contributed by atoms with Crippen molar-refractivity contribution in [3.05, 3.63) is 70.2 Å². The maximum atomic E-state index is 13.0. The number of benzene rings is 1. The van der Waals surface area contributed by atoms with Gasteiger partial charge in [-0.2, -0.15) is 5.10 Å². The second-order valence-electron chi connectivity index (χ2n) is 6.08. The highest BCUT2D eigenvalue weighted by Gasteiger charge is 2.20. The number of carbonyl (C=O) groups is 2. The first-order valence-electron chi connectivity index (χ1n) is 8.52. The largest absolute Gasteiger partial charge is 0.296 e. The number of aromatic nitrogens is 3. The molecule has 3 aromatic heterocycles. The Kier molecular flexibility index (Phi) is 4.89. The molecule has 4 rings (SSSR count). The van der Waals surface area contributed by atoms with Gasteiger partial charge in [-0.25, -0.2) is 9.67 Å². The minimum Gasteiger partial charge on any atom is -0.296 e. The van der Waals surface area contributed by atoms with E-state index >= 15 is 0 Å². The van der Waals surface area contributed by atoms with Crippen LogP contribution in [0.5, 0.6) is 0 Å². The third-order valence-electron chi connectivity index (χ3n) is 4.05. The molecule has 0 bridgehead atoms. The van der Waals surface area contributed by atoms with Gasteiger partial charge in [-0.05, 0) is 36.6 Å². The SMILES string of the molecule is CC(=O)c1sc(NC(=O)c2cc(-c3cccs3)nn2-c2ccccc2)nc1C. The summed E-state index contributed by atoms with van der Waals surface area (Å²) in [7, 11) is 0. The summed E-state index contributed by atoms with van der Waals surface area (Å²) in [5.74, 6) is -0.396. The molecule has 28 heavy (non-hydrogen) atoms. The van der Waals surface area contributed by atoms with Crippen LogP contribution in [0.25, 0.3) is 16.3 Å². The summed E-state index contributed by atoms with van der Waals surface area (Å²) in [6, 6.07) is 15.2. The summed E-state index contributed by atoms with van der Waals surface area (Å²) in [6.07, 6.45) is 0. The number of hydrogen-bond donors (Lipinski definition) is 1. The smallest absolute Gasteiger partial charge is 0.276 e. The molecule has 0 atom stereocenters. The van der Waals surface area contributed by atoms with Crippen molar-refractivity contribution in [2.24, 2.45) is 0 Å². The Labute approximate surface area is 169 Å². The van der Waals surface area contributed by atoms with Crippen molar-refractivity contribution < 1.29 is 9.59 Å². The second kappa shape index (κ2) is 7.49. The third kappa shape index (κ3) is 3.51. The number of nitrogens with one attached hydrogen (secondary N) is 1. The van der Waals surface area contributed by atoms with E-state index in [0.717, 1.165) is 16.3 Å². The van der Waals surface area contributed by atoms with Gasteiger partial charge in [0.1, 0.15) is 11.4 Å². The van der Waals surface area contributed by atoms with Crippen LogP contribution in [-0.4, -0.2) is 26.5 Å². The molecule has 8 heteroatoms. The van der Waals surface area contributed by atoms with Gasteiger partial charge in [-0.3, -0.25) is 14.9 Å². The predicted molar refractivity (Wildman–Crippen MR) is 112 cm³/mol. The summed E-state index contributed by atoms with van der Waals surface area (Å²) in [4.78, 5) is 30.5. The molecule has 0 saturated carbocycles. The summed E-state index contributed by atoms with van der Waals surface area (Å²) in [6.45, 7) is 3.25. The molecule has 0 spiro atoms. The minimum atomic E-state index is -0.331. The number of para-hydroxylation sites is 1. The number of aryl methyl sites for hydroxylation is 1. The summed E-state index contributed by atoms with van der Waals surface area (Å²) < 4.78 is 1.62. The molecule has 1 amide bonds. The van der Waals surface area contributed by atoms with Crippen LogP contribution in [0, 0.1) is 6.92 Å². The van der Waals surface area contributed by atoms with Gasteiger partial charge in [0.05, 0.1) is 21.1 Å². The second-order valence-corrected chi connectivity index (χ2v) is 8.03. The average Bonchev–Trinajstić information content (AvgIpc) is 3.41. The van der Waals surface area contributed by atoms with Gasteiger partial charge < -0.3 is 0 Å². The van der Waals surface area contributed by atoms with E-state index in [1.54, 1.807) is 29.0 Å². The van der Waals surface area contributed by atoms with Gasteiger partial charge in [0.25, 0.3) is 5.91 Å². The number of thiophene rings is 1. The molecule has 0 aliphatic heterocycles. The van der Waals surface area contributed by atoms with Gasteiger partial charge in [0, 0.05) is 6.92 Å². The molecule has 4 aromatic rings. The highest BCUT2D eigenvalue weighted by atomic mass is 32.1.